The van der Waals surface area contributed by atoms with Crippen LogP contribution in [0.15, 0.2) is 11.4 Å². The lowest BCUT2D eigenvalue weighted by Crippen LogP contribution is -2.52. The Morgan fingerprint density at radius 3 is 2.54 bits per heavy atom. The molecule has 0 N–H and O–H groups in total. The van der Waals surface area contributed by atoms with Crippen molar-refractivity contribution in [2.24, 2.45) is 5.92 Å². The third-order valence-electron chi connectivity index (χ3n) is 6.03. The highest BCUT2D eigenvalue weighted by atomic mass is 32.1. The van der Waals surface area contributed by atoms with Crippen LogP contribution in [0.25, 0.3) is 0 Å². The molecular formula is C20H31N3O2S. The van der Waals surface area contributed by atoms with Crippen LogP contribution in [-0.2, 0) is 22.6 Å². The highest BCUT2D eigenvalue weighted by Crippen LogP contribution is 2.26. The van der Waals surface area contributed by atoms with Gasteiger partial charge in [0.15, 0.2) is 0 Å². The molecule has 1 atom stereocenters. The average molecular weight is 378 g/mol. The normalized spacial score (nSPS) is 20.1. The highest BCUT2D eigenvalue weighted by Gasteiger charge is 2.33. The van der Waals surface area contributed by atoms with Gasteiger partial charge in [0, 0.05) is 37.0 Å². The number of carbonyl (C=O) groups is 2. The van der Waals surface area contributed by atoms with E-state index in [0.717, 1.165) is 45.4 Å². The topological polar surface area (TPSA) is 43.9 Å². The molecule has 1 saturated heterocycles. The van der Waals surface area contributed by atoms with Gasteiger partial charge in [-0.1, -0.05) is 0 Å². The fourth-order valence-corrected chi connectivity index (χ4v) is 4.82. The average Bonchev–Trinajstić information content (AvgIpc) is 3.13. The molecule has 5 nitrogen and oxygen atoms in total. The second-order valence-corrected chi connectivity index (χ2v) is 8.91. The number of likely N-dealkylation sites (tertiary alicyclic amines) is 1. The van der Waals surface area contributed by atoms with E-state index in [1.54, 1.807) is 11.3 Å². The smallest absolute Gasteiger partial charge is 0.239 e. The van der Waals surface area contributed by atoms with Gasteiger partial charge in [-0.05, 0) is 70.1 Å². The van der Waals surface area contributed by atoms with Crippen molar-refractivity contribution in [3.63, 3.8) is 0 Å². The van der Waals surface area contributed by atoms with Crippen molar-refractivity contribution in [2.75, 3.05) is 26.7 Å². The fourth-order valence-electron chi connectivity index (χ4n) is 3.93. The summed E-state index contributed by atoms with van der Waals surface area (Å²) in [6.45, 7) is 9.34. The Bertz CT molecular complexity index is 649. The van der Waals surface area contributed by atoms with Crippen LogP contribution in [0.5, 0.6) is 0 Å². The molecule has 0 saturated carbocycles. The van der Waals surface area contributed by atoms with Gasteiger partial charge in [-0.25, -0.2) is 0 Å². The van der Waals surface area contributed by atoms with Gasteiger partial charge in [-0.2, -0.15) is 0 Å². The van der Waals surface area contributed by atoms with Crippen LogP contribution in [0, 0.1) is 5.92 Å². The van der Waals surface area contributed by atoms with Crippen LogP contribution in [0.1, 0.15) is 44.1 Å². The van der Waals surface area contributed by atoms with E-state index < -0.39 is 0 Å². The van der Waals surface area contributed by atoms with E-state index in [-0.39, 0.29) is 29.8 Å². The molecule has 0 bridgehead atoms. The van der Waals surface area contributed by atoms with Gasteiger partial charge in [0.05, 0.1) is 6.04 Å². The van der Waals surface area contributed by atoms with Gasteiger partial charge in [-0.3, -0.25) is 14.5 Å². The van der Waals surface area contributed by atoms with Crippen molar-refractivity contribution in [1.82, 2.24) is 14.7 Å². The van der Waals surface area contributed by atoms with Crippen molar-refractivity contribution in [3.05, 3.63) is 21.9 Å². The lowest BCUT2D eigenvalue weighted by Gasteiger charge is -2.39. The molecule has 2 amide bonds. The van der Waals surface area contributed by atoms with Gasteiger partial charge in [0.1, 0.15) is 0 Å². The van der Waals surface area contributed by atoms with E-state index in [1.165, 1.54) is 10.4 Å². The SMILES string of the molecule is CC(C(=O)N1CCc2sccc2C1)N1CCC(C(=O)N(C)C(C)C)CC1. The van der Waals surface area contributed by atoms with Gasteiger partial charge >= 0.3 is 0 Å². The Kier molecular flexibility index (Phi) is 6.03. The Labute approximate surface area is 161 Å². The fraction of sp³-hybridized carbons (Fsp3) is 0.700. The molecule has 3 heterocycles. The van der Waals surface area contributed by atoms with Gasteiger partial charge in [-0.15, -0.1) is 11.3 Å². The molecule has 1 aromatic heterocycles. The van der Waals surface area contributed by atoms with Crippen LogP contribution in [0.3, 0.4) is 0 Å². The first kappa shape index (κ1) is 19.4. The summed E-state index contributed by atoms with van der Waals surface area (Å²) in [5.41, 5.74) is 1.31. The van der Waals surface area contributed by atoms with E-state index in [4.69, 9.17) is 0 Å². The predicted molar refractivity (Wildman–Crippen MR) is 105 cm³/mol. The van der Waals surface area contributed by atoms with Crippen LogP contribution >= 0.6 is 11.3 Å². The van der Waals surface area contributed by atoms with Gasteiger partial charge in [0.25, 0.3) is 0 Å². The quantitative estimate of drug-likeness (QED) is 0.810. The van der Waals surface area contributed by atoms with Crippen molar-refractivity contribution in [3.8, 4) is 0 Å². The second-order valence-electron chi connectivity index (χ2n) is 7.91. The minimum absolute atomic E-state index is 0.101. The summed E-state index contributed by atoms with van der Waals surface area (Å²) in [6, 6.07) is 2.28. The molecule has 1 aromatic rings. The number of hydrogen-bond acceptors (Lipinski definition) is 4. The zero-order valence-electron chi connectivity index (χ0n) is 16.4. The summed E-state index contributed by atoms with van der Waals surface area (Å²) in [5, 5.41) is 2.12. The molecule has 2 aliphatic rings. The number of carbonyl (C=O) groups excluding carboxylic acids is 2. The number of fused-ring (bicyclic) bond motifs is 1. The molecule has 0 aromatic carbocycles. The number of piperidine rings is 1. The molecular weight excluding hydrogens is 346 g/mol. The number of nitrogens with zero attached hydrogens (tertiary/aromatic N) is 3. The third kappa shape index (κ3) is 3.96. The molecule has 144 valence electrons. The van der Waals surface area contributed by atoms with Gasteiger partial charge < -0.3 is 9.80 Å². The lowest BCUT2D eigenvalue weighted by molar-refractivity contribution is -0.140. The largest absolute Gasteiger partial charge is 0.343 e. The molecule has 2 aliphatic heterocycles. The number of hydrogen-bond donors (Lipinski definition) is 0. The van der Waals surface area contributed by atoms with E-state index in [2.05, 4.69) is 16.3 Å². The maximum Gasteiger partial charge on any atom is 0.239 e. The van der Waals surface area contributed by atoms with Crippen LogP contribution in [0.4, 0.5) is 0 Å². The Morgan fingerprint density at radius 2 is 1.88 bits per heavy atom. The molecule has 6 heteroatoms. The molecule has 1 unspecified atom stereocenters. The summed E-state index contributed by atoms with van der Waals surface area (Å²) >= 11 is 1.80. The first-order valence-corrected chi connectivity index (χ1v) is 10.6. The van der Waals surface area contributed by atoms with Crippen LogP contribution in [-0.4, -0.2) is 65.3 Å². The van der Waals surface area contributed by atoms with Gasteiger partial charge in [0.2, 0.25) is 11.8 Å². The van der Waals surface area contributed by atoms with E-state index >= 15 is 0 Å². The molecule has 26 heavy (non-hydrogen) atoms. The summed E-state index contributed by atoms with van der Waals surface area (Å²) in [6.07, 6.45) is 2.67. The predicted octanol–water partition coefficient (Wildman–Crippen LogP) is 2.60. The molecule has 0 radical (unpaired) electrons. The molecule has 0 spiro atoms. The maximum atomic E-state index is 13.0. The summed E-state index contributed by atoms with van der Waals surface area (Å²) in [4.78, 5) is 33.0. The zero-order valence-corrected chi connectivity index (χ0v) is 17.2. The van der Waals surface area contributed by atoms with E-state index in [9.17, 15) is 9.59 Å². The first-order chi connectivity index (χ1) is 12.4. The Balaban J connectivity index is 1.53. The monoisotopic (exact) mass is 377 g/mol. The van der Waals surface area contributed by atoms with E-state index in [0.29, 0.717) is 0 Å². The summed E-state index contributed by atoms with van der Waals surface area (Å²) in [7, 11) is 1.89. The minimum Gasteiger partial charge on any atom is -0.343 e. The summed E-state index contributed by atoms with van der Waals surface area (Å²) in [5.74, 6) is 0.579. The van der Waals surface area contributed by atoms with Crippen LogP contribution < -0.4 is 0 Å². The minimum atomic E-state index is -0.103. The van der Waals surface area contributed by atoms with Crippen LogP contribution in [0.2, 0.25) is 0 Å². The van der Waals surface area contributed by atoms with E-state index in [1.807, 2.05) is 37.6 Å². The molecule has 1 fully saturated rings. The van der Waals surface area contributed by atoms with Crippen molar-refractivity contribution < 1.29 is 9.59 Å². The van der Waals surface area contributed by atoms with Crippen molar-refractivity contribution in [2.45, 2.75) is 58.7 Å². The summed E-state index contributed by atoms with van der Waals surface area (Å²) < 4.78 is 0. The number of amides is 2. The van der Waals surface area contributed by atoms with Crippen molar-refractivity contribution >= 4 is 23.2 Å². The zero-order chi connectivity index (χ0) is 18.8. The number of thiophene rings is 1. The lowest BCUT2D eigenvalue weighted by atomic mass is 9.94. The molecule has 3 rings (SSSR count). The highest BCUT2D eigenvalue weighted by molar-refractivity contribution is 7.10. The standard InChI is InChI=1S/C20H31N3O2S/c1-14(2)21(4)20(25)16-5-9-22(10-6-16)15(3)19(24)23-11-7-18-17(13-23)8-12-26-18/h8,12,14-16H,5-7,9-11,13H2,1-4H3. The van der Waals surface area contributed by atoms with Crippen molar-refractivity contribution in [1.29, 1.82) is 0 Å². The molecule has 0 aliphatic carbocycles. The first-order valence-electron chi connectivity index (χ1n) is 9.73. The Hall–Kier alpha value is -1.40. The third-order valence-corrected chi connectivity index (χ3v) is 7.05. The second kappa shape index (κ2) is 8.09. The Morgan fingerprint density at radius 1 is 1.19 bits per heavy atom. The maximum absolute atomic E-state index is 13.0. The number of rotatable bonds is 4.